The number of nitrogens with zero attached hydrogens (tertiary/aromatic N) is 1. The van der Waals surface area contributed by atoms with Gasteiger partial charge in [0.25, 0.3) is 0 Å². The van der Waals surface area contributed by atoms with Gasteiger partial charge in [-0.1, -0.05) is 0 Å². The lowest BCUT2D eigenvalue weighted by Gasteiger charge is -2.12. The monoisotopic (exact) mass is 308 g/mol. The average molecular weight is 308 g/mol. The molecule has 0 saturated carbocycles. The summed E-state index contributed by atoms with van der Waals surface area (Å²) in [5.74, 6) is -0.308. The van der Waals surface area contributed by atoms with Gasteiger partial charge in [-0.25, -0.2) is 9.18 Å². The molecule has 1 aromatic carbocycles. The van der Waals surface area contributed by atoms with Gasteiger partial charge in [0.1, 0.15) is 5.82 Å². The molecule has 0 aliphatic carbocycles. The van der Waals surface area contributed by atoms with E-state index in [1.165, 1.54) is 17.0 Å². The van der Waals surface area contributed by atoms with Crippen LogP contribution >= 0.6 is 22.6 Å². The van der Waals surface area contributed by atoms with Crippen molar-refractivity contribution in [2.24, 2.45) is 0 Å². The molecule has 1 aromatic rings. The van der Waals surface area contributed by atoms with Crippen LogP contribution in [0.5, 0.6) is 0 Å². The molecule has 2 amide bonds. The van der Waals surface area contributed by atoms with Crippen molar-refractivity contribution < 1.29 is 9.18 Å². The van der Waals surface area contributed by atoms with E-state index in [1.807, 2.05) is 22.6 Å². The summed E-state index contributed by atoms with van der Waals surface area (Å²) in [4.78, 5) is 12.7. The Kier molecular flexibility index (Phi) is 3.68. The number of carbonyl (C=O) groups is 1. The van der Waals surface area contributed by atoms with Crippen LogP contribution in [0.2, 0.25) is 0 Å². The lowest BCUT2D eigenvalue weighted by molar-refractivity contribution is 0.230. The van der Waals surface area contributed by atoms with Gasteiger partial charge in [-0.3, -0.25) is 0 Å². The zero-order chi connectivity index (χ0) is 10.7. The summed E-state index contributed by atoms with van der Waals surface area (Å²) in [5.41, 5.74) is 0.616. The maximum atomic E-state index is 12.7. The fourth-order valence-electron chi connectivity index (χ4n) is 0.818. The normalized spacial score (nSPS) is 9.71. The second kappa shape index (κ2) is 4.59. The molecule has 0 saturated heterocycles. The minimum atomic E-state index is -0.308. The van der Waals surface area contributed by atoms with Crippen molar-refractivity contribution in [3.05, 3.63) is 27.6 Å². The predicted molar refractivity (Wildman–Crippen MR) is 61.8 cm³/mol. The van der Waals surface area contributed by atoms with Crippen LogP contribution in [0.4, 0.5) is 14.9 Å². The summed E-state index contributed by atoms with van der Waals surface area (Å²) in [5, 5.41) is 2.65. The van der Waals surface area contributed by atoms with Crippen LogP contribution in [0.15, 0.2) is 18.2 Å². The van der Waals surface area contributed by atoms with E-state index in [0.29, 0.717) is 9.26 Å². The highest BCUT2D eigenvalue weighted by molar-refractivity contribution is 14.1. The van der Waals surface area contributed by atoms with Gasteiger partial charge in [-0.15, -0.1) is 0 Å². The minimum Gasteiger partial charge on any atom is -0.331 e. The van der Waals surface area contributed by atoms with E-state index in [1.54, 1.807) is 20.2 Å². The van der Waals surface area contributed by atoms with Crippen LogP contribution < -0.4 is 5.32 Å². The van der Waals surface area contributed by atoms with Crippen molar-refractivity contribution in [3.63, 3.8) is 0 Å². The first-order valence-electron chi connectivity index (χ1n) is 3.94. The number of anilines is 1. The lowest BCUT2D eigenvalue weighted by Crippen LogP contribution is -2.27. The van der Waals surface area contributed by atoms with Crippen molar-refractivity contribution in [1.82, 2.24) is 4.90 Å². The van der Waals surface area contributed by atoms with E-state index in [9.17, 15) is 9.18 Å². The molecule has 76 valence electrons. The fourth-order valence-corrected chi connectivity index (χ4v) is 1.43. The summed E-state index contributed by atoms with van der Waals surface area (Å²) >= 11 is 1.97. The van der Waals surface area contributed by atoms with Crippen LogP contribution in [0.3, 0.4) is 0 Å². The first-order valence-corrected chi connectivity index (χ1v) is 5.02. The molecule has 1 rings (SSSR count). The van der Waals surface area contributed by atoms with Crippen molar-refractivity contribution >= 4 is 34.3 Å². The van der Waals surface area contributed by atoms with Gasteiger partial charge >= 0.3 is 6.03 Å². The Hall–Kier alpha value is -0.850. The minimum absolute atomic E-state index is 0.227. The highest BCUT2D eigenvalue weighted by Crippen LogP contribution is 2.19. The Morgan fingerprint density at radius 1 is 1.50 bits per heavy atom. The quantitative estimate of drug-likeness (QED) is 0.795. The fraction of sp³-hybridized carbons (Fsp3) is 0.222. The number of halogens is 2. The topological polar surface area (TPSA) is 32.3 Å². The van der Waals surface area contributed by atoms with Gasteiger partial charge in [0.05, 0.1) is 5.69 Å². The lowest BCUT2D eigenvalue weighted by atomic mass is 10.3. The average Bonchev–Trinajstić information content (AvgIpc) is 2.09. The Balaban J connectivity index is 2.82. The molecule has 0 heterocycles. The van der Waals surface area contributed by atoms with Gasteiger partial charge < -0.3 is 10.2 Å². The van der Waals surface area contributed by atoms with Gasteiger partial charge in [-0.05, 0) is 40.8 Å². The van der Waals surface area contributed by atoms with E-state index in [0.717, 1.165) is 0 Å². The number of amides is 2. The first kappa shape index (κ1) is 11.2. The largest absolute Gasteiger partial charge is 0.331 e. The van der Waals surface area contributed by atoms with Gasteiger partial charge in [0, 0.05) is 17.7 Å². The summed E-state index contributed by atoms with van der Waals surface area (Å²) < 4.78 is 13.4. The summed E-state index contributed by atoms with van der Waals surface area (Å²) in [6.07, 6.45) is 0. The molecule has 0 fully saturated rings. The van der Waals surface area contributed by atoms with Crippen molar-refractivity contribution in [2.45, 2.75) is 0 Å². The molecule has 5 heteroatoms. The number of nitrogens with one attached hydrogen (secondary N) is 1. The summed E-state index contributed by atoms with van der Waals surface area (Å²) in [6, 6.07) is 3.99. The molecule has 14 heavy (non-hydrogen) atoms. The highest BCUT2D eigenvalue weighted by atomic mass is 127. The van der Waals surface area contributed by atoms with Crippen LogP contribution in [-0.4, -0.2) is 25.0 Å². The van der Waals surface area contributed by atoms with Crippen LogP contribution in [-0.2, 0) is 0 Å². The molecular formula is C9H10FIN2O. The third kappa shape index (κ3) is 2.83. The van der Waals surface area contributed by atoms with Crippen LogP contribution in [0.25, 0.3) is 0 Å². The predicted octanol–water partition coefficient (Wildman–Crippen LogP) is 2.52. The summed E-state index contributed by atoms with van der Waals surface area (Å²) in [7, 11) is 3.29. The number of carbonyl (C=O) groups excluding carboxylic acids is 1. The Morgan fingerprint density at radius 2 is 2.14 bits per heavy atom. The molecular weight excluding hydrogens is 298 g/mol. The number of benzene rings is 1. The third-order valence-corrected chi connectivity index (χ3v) is 2.47. The SMILES string of the molecule is CN(C)C(=O)Nc1ccc(F)cc1I. The van der Waals surface area contributed by atoms with E-state index in [4.69, 9.17) is 0 Å². The van der Waals surface area contributed by atoms with E-state index in [2.05, 4.69) is 5.32 Å². The molecule has 1 N–H and O–H groups in total. The zero-order valence-electron chi connectivity index (χ0n) is 7.84. The molecule has 3 nitrogen and oxygen atoms in total. The number of urea groups is 1. The maximum Gasteiger partial charge on any atom is 0.321 e. The second-order valence-electron chi connectivity index (χ2n) is 2.95. The Morgan fingerprint density at radius 3 is 2.64 bits per heavy atom. The van der Waals surface area contributed by atoms with E-state index in [-0.39, 0.29) is 11.8 Å². The standard InChI is InChI=1S/C9H10FIN2O/c1-13(2)9(14)12-8-4-3-6(10)5-7(8)11/h3-5H,1-2H3,(H,12,14). The molecule has 0 aliphatic rings. The third-order valence-electron chi connectivity index (χ3n) is 1.58. The van der Waals surface area contributed by atoms with Crippen LogP contribution in [0, 0.1) is 9.39 Å². The molecule has 0 aliphatic heterocycles. The van der Waals surface area contributed by atoms with Crippen molar-refractivity contribution in [1.29, 1.82) is 0 Å². The molecule has 0 radical (unpaired) electrons. The van der Waals surface area contributed by atoms with Crippen LogP contribution in [0.1, 0.15) is 0 Å². The van der Waals surface area contributed by atoms with E-state index >= 15 is 0 Å². The van der Waals surface area contributed by atoms with Crippen molar-refractivity contribution in [2.75, 3.05) is 19.4 Å². The highest BCUT2D eigenvalue weighted by Gasteiger charge is 2.06. The zero-order valence-corrected chi connectivity index (χ0v) is 10.0. The molecule has 0 bridgehead atoms. The molecule has 0 atom stereocenters. The number of hydrogen-bond donors (Lipinski definition) is 1. The van der Waals surface area contributed by atoms with Gasteiger partial charge in [-0.2, -0.15) is 0 Å². The smallest absolute Gasteiger partial charge is 0.321 e. The van der Waals surface area contributed by atoms with Gasteiger partial charge in [0.2, 0.25) is 0 Å². The second-order valence-corrected chi connectivity index (χ2v) is 4.11. The molecule has 0 aromatic heterocycles. The maximum absolute atomic E-state index is 12.7. The molecule has 0 unspecified atom stereocenters. The summed E-state index contributed by atoms with van der Waals surface area (Å²) in [6.45, 7) is 0. The van der Waals surface area contributed by atoms with E-state index < -0.39 is 0 Å². The van der Waals surface area contributed by atoms with Gasteiger partial charge in [0.15, 0.2) is 0 Å². The Bertz CT molecular complexity index is 355. The van der Waals surface area contributed by atoms with Crippen molar-refractivity contribution in [3.8, 4) is 0 Å². The number of rotatable bonds is 1. The number of hydrogen-bond acceptors (Lipinski definition) is 1. The first-order chi connectivity index (χ1) is 6.50. The Labute approximate surface area is 95.4 Å². The molecule has 0 spiro atoms.